The van der Waals surface area contributed by atoms with Crippen LogP contribution in [0.1, 0.15) is 12.8 Å². The maximum Gasteiger partial charge on any atom is 0.239 e. The topological polar surface area (TPSA) is 59.2 Å². The zero-order valence-electron chi connectivity index (χ0n) is 14.1. The van der Waals surface area contributed by atoms with Crippen molar-refractivity contribution in [2.75, 3.05) is 11.9 Å². The summed E-state index contributed by atoms with van der Waals surface area (Å²) in [6, 6.07) is 19.3. The molecular weight excluding hydrogens is 334 g/mol. The number of rotatable bonds is 6. The number of para-hydroxylation sites is 1. The Balaban J connectivity index is 1.58. The number of carbonyl (C=O) groups excluding carboxylic acids is 1. The lowest BCUT2D eigenvalue weighted by molar-refractivity contribution is -0.117. The van der Waals surface area contributed by atoms with Gasteiger partial charge in [-0.15, -0.1) is 11.8 Å². The van der Waals surface area contributed by atoms with Gasteiger partial charge in [-0.25, -0.2) is 0 Å². The van der Waals surface area contributed by atoms with Gasteiger partial charge in [0, 0.05) is 18.3 Å². The lowest BCUT2D eigenvalue weighted by Gasteiger charge is -2.20. The van der Waals surface area contributed by atoms with Crippen molar-refractivity contribution in [1.82, 2.24) is 10.1 Å². The first kappa shape index (κ1) is 17.2. The molecule has 1 aromatic heterocycles. The van der Waals surface area contributed by atoms with Gasteiger partial charge in [-0.3, -0.25) is 4.79 Å². The molecule has 1 unspecified atom stereocenters. The smallest absolute Gasteiger partial charge is 0.239 e. The van der Waals surface area contributed by atoms with E-state index in [0.29, 0.717) is 17.5 Å². The quantitative estimate of drug-likeness (QED) is 0.670. The molecule has 25 heavy (non-hydrogen) atoms. The monoisotopic (exact) mass is 353 g/mol. The van der Waals surface area contributed by atoms with Crippen molar-refractivity contribution in [3.05, 3.63) is 66.6 Å². The third kappa shape index (κ3) is 4.28. The number of thioether (sulfide) groups is 1. The van der Waals surface area contributed by atoms with Gasteiger partial charge < -0.3 is 9.42 Å². The summed E-state index contributed by atoms with van der Waals surface area (Å²) in [4.78, 5) is 18.6. The predicted molar refractivity (Wildman–Crippen MR) is 100 cm³/mol. The van der Waals surface area contributed by atoms with Crippen LogP contribution in [-0.4, -0.2) is 28.3 Å². The normalized spacial score (nSPS) is 11.9. The van der Waals surface area contributed by atoms with Crippen molar-refractivity contribution in [3.63, 3.8) is 0 Å². The molecule has 1 atom stereocenters. The minimum absolute atomic E-state index is 0.0407. The summed E-state index contributed by atoms with van der Waals surface area (Å²) >= 11 is 1.48. The lowest BCUT2D eigenvalue weighted by Crippen LogP contribution is -2.33. The van der Waals surface area contributed by atoms with E-state index in [2.05, 4.69) is 10.1 Å². The maximum absolute atomic E-state index is 12.5. The molecule has 0 saturated heterocycles. The molecule has 0 bridgehead atoms. The van der Waals surface area contributed by atoms with Crippen molar-refractivity contribution in [3.8, 4) is 11.4 Å². The summed E-state index contributed by atoms with van der Waals surface area (Å²) < 4.78 is 5.29. The van der Waals surface area contributed by atoms with E-state index in [1.54, 1.807) is 11.9 Å². The number of benzene rings is 2. The highest BCUT2D eigenvalue weighted by molar-refractivity contribution is 7.99. The van der Waals surface area contributed by atoms with Gasteiger partial charge in [-0.2, -0.15) is 4.98 Å². The average Bonchev–Trinajstić information content (AvgIpc) is 3.15. The van der Waals surface area contributed by atoms with Crippen LogP contribution in [0.2, 0.25) is 0 Å². The predicted octanol–water partition coefficient (Wildman–Crippen LogP) is 4.02. The summed E-state index contributed by atoms with van der Waals surface area (Å²) in [5.74, 6) is 1.62. The SMILES string of the molecule is CC(SCc1nc(-c2ccccc2)no1)C(=O)N(C)c1ccccc1. The van der Waals surface area contributed by atoms with Crippen LogP contribution >= 0.6 is 11.8 Å². The third-order valence-corrected chi connectivity index (χ3v) is 4.89. The first-order chi connectivity index (χ1) is 12.1. The van der Waals surface area contributed by atoms with Crippen LogP contribution < -0.4 is 4.90 Å². The highest BCUT2D eigenvalue weighted by Gasteiger charge is 2.20. The van der Waals surface area contributed by atoms with Gasteiger partial charge in [0.05, 0.1) is 11.0 Å². The van der Waals surface area contributed by atoms with E-state index in [4.69, 9.17) is 4.52 Å². The van der Waals surface area contributed by atoms with E-state index in [-0.39, 0.29) is 11.2 Å². The van der Waals surface area contributed by atoms with Gasteiger partial charge in [0.25, 0.3) is 0 Å². The van der Waals surface area contributed by atoms with Crippen molar-refractivity contribution in [1.29, 1.82) is 0 Å². The van der Waals surface area contributed by atoms with Gasteiger partial charge in [0.1, 0.15) is 0 Å². The molecule has 0 saturated carbocycles. The summed E-state index contributed by atoms with van der Waals surface area (Å²) in [7, 11) is 1.79. The van der Waals surface area contributed by atoms with Crippen molar-refractivity contribution < 1.29 is 9.32 Å². The molecule has 0 aliphatic heterocycles. The van der Waals surface area contributed by atoms with Crippen LogP contribution in [0, 0.1) is 0 Å². The minimum atomic E-state index is -0.211. The lowest BCUT2D eigenvalue weighted by atomic mass is 10.2. The molecule has 3 aromatic rings. The molecule has 0 fully saturated rings. The van der Waals surface area contributed by atoms with E-state index in [1.807, 2.05) is 67.6 Å². The molecule has 5 nitrogen and oxygen atoms in total. The Morgan fingerprint density at radius 2 is 1.76 bits per heavy atom. The highest BCUT2D eigenvalue weighted by atomic mass is 32.2. The summed E-state index contributed by atoms with van der Waals surface area (Å²) in [5, 5.41) is 3.79. The van der Waals surface area contributed by atoms with Gasteiger partial charge in [-0.1, -0.05) is 53.7 Å². The molecule has 1 heterocycles. The van der Waals surface area contributed by atoms with Gasteiger partial charge >= 0.3 is 0 Å². The van der Waals surface area contributed by atoms with Crippen molar-refractivity contribution in [2.24, 2.45) is 0 Å². The second-order valence-electron chi connectivity index (χ2n) is 5.56. The number of nitrogens with zero attached hydrogens (tertiary/aromatic N) is 3. The van der Waals surface area contributed by atoms with Crippen LogP contribution in [0.5, 0.6) is 0 Å². The zero-order valence-corrected chi connectivity index (χ0v) is 14.9. The third-order valence-electron chi connectivity index (χ3n) is 3.78. The molecule has 3 rings (SSSR count). The van der Waals surface area contributed by atoms with Gasteiger partial charge in [0.15, 0.2) is 0 Å². The highest BCUT2D eigenvalue weighted by Crippen LogP contribution is 2.22. The number of carbonyl (C=O) groups is 1. The second kappa shape index (κ2) is 7.98. The summed E-state index contributed by atoms with van der Waals surface area (Å²) in [6.45, 7) is 1.89. The molecule has 0 radical (unpaired) electrons. The maximum atomic E-state index is 12.5. The van der Waals surface area contributed by atoms with Crippen molar-refractivity contribution in [2.45, 2.75) is 17.9 Å². The van der Waals surface area contributed by atoms with E-state index in [0.717, 1.165) is 11.3 Å². The first-order valence-corrected chi connectivity index (χ1v) is 9.02. The van der Waals surface area contributed by atoms with Crippen LogP contribution in [0.15, 0.2) is 65.2 Å². The summed E-state index contributed by atoms with van der Waals surface area (Å²) in [5.41, 5.74) is 1.79. The second-order valence-corrected chi connectivity index (χ2v) is 6.89. The number of anilines is 1. The van der Waals surface area contributed by atoms with Crippen LogP contribution in [0.3, 0.4) is 0 Å². The fraction of sp³-hybridized carbons (Fsp3) is 0.211. The first-order valence-electron chi connectivity index (χ1n) is 7.97. The zero-order chi connectivity index (χ0) is 17.6. The Morgan fingerprint density at radius 1 is 1.12 bits per heavy atom. The Kier molecular flexibility index (Phi) is 5.50. The van der Waals surface area contributed by atoms with E-state index in [9.17, 15) is 4.79 Å². The minimum Gasteiger partial charge on any atom is -0.338 e. The molecule has 0 aliphatic rings. The largest absolute Gasteiger partial charge is 0.338 e. The number of hydrogen-bond acceptors (Lipinski definition) is 5. The molecule has 0 spiro atoms. The Bertz CT molecular complexity index is 821. The Morgan fingerprint density at radius 3 is 2.44 bits per heavy atom. The molecular formula is C19H19N3O2S. The van der Waals surface area contributed by atoms with Crippen LogP contribution in [0.25, 0.3) is 11.4 Å². The fourth-order valence-electron chi connectivity index (χ4n) is 2.34. The Labute approximate surface area is 151 Å². The molecule has 1 amide bonds. The number of aromatic nitrogens is 2. The van der Waals surface area contributed by atoms with Crippen LogP contribution in [-0.2, 0) is 10.5 Å². The van der Waals surface area contributed by atoms with E-state index in [1.165, 1.54) is 11.8 Å². The summed E-state index contributed by atoms with van der Waals surface area (Å²) in [6.07, 6.45) is 0. The fourth-order valence-corrected chi connectivity index (χ4v) is 3.15. The molecule has 0 N–H and O–H groups in total. The standard InChI is InChI=1S/C19H19N3O2S/c1-14(19(23)22(2)16-11-7-4-8-12-16)25-13-17-20-18(21-24-17)15-9-5-3-6-10-15/h3-12,14H,13H2,1-2H3. The molecule has 2 aromatic carbocycles. The molecule has 0 aliphatic carbocycles. The van der Waals surface area contributed by atoms with Crippen LogP contribution in [0.4, 0.5) is 5.69 Å². The van der Waals surface area contributed by atoms with E-state index < -0.39 is 0 Å². The average molecular weight is 353 g/mol. The molecule has 128 valence electrons. The Hall–Kier alpha value is -2.60. The van der Waals surface area contributed by atoms with E-state index >= 15 is 0 Å². The van der Waals surface area contributed by atoms with Crippen molar-refractivity contribution >= 4 is 23.4 Å². The number of hydrogen-bond donors (Lipinski definition) is 0. The van der Waals surface area contributed by atoms with Gasteiger partial charge in [-0.05, 0) is 19.1 Å². The van der Waals surface area contributed by atoms with Gasteiger partial charge in [0.2, 0.25) is 17.6 Å². The number of amides is 1. The molecule has 6 heteroatoms.